The first kappa shape index (κ1) is 24.1. The summed E-state index contributed by atoms with van der Waals surface area (Å²) in [6, 6.07) is 16.8. The van der Waals surface area contributed by atoms with Gasteiger partial charge in [0.25, 0.3) is 0 Å². The van der Waals surface area contributed by atoms with Gasteiger partial charge in [-0.15, -0.1) is 12.4 Å². The summed E-state index contributed by atoms with van der Waals surface area (Å²) in [5.74, 6) is 1.35. The molecule has 0 saturated heterocycles. The number of nitrogens with one attached hydrogen (secondary N) is 1. The maximum Gasteiger partial charge on any atom is 0.214 e. The normalized spacial score (nSPS) is 21.6. The van der Waals surface area contributed by atoms with Gasteiger partial charge < -0.3 is 10.5 Å². The SMILES string of the molecule is CC(C1CC1)S(=O)(=O)NCCOc1ccc2c(c1)C(Cc1ccccc1)C(N)CC2.Cl. The van der Waals surface area contributed by atoms with Crippen molar-refractivity contribution < 1.29 is 13.2 Å². The third-order valence-electron chi connectivity index (χ3n) is 6.53. The van der Waals surface area contributed by atoms with Crippen molar-refractivity contribution in [1.29, 1.82) is 0 Å². The van der Waals surface area contributed by atoms with Crippen molar-refractivity contribution in [2.75, 3.05) is 13.2 Å². The van der Waals surface area contributed by atoms with Gasteiger partial charge in [-0.3, -0.25) is 0 Å². The number of fused-ring (bicyclic) bond motifs is 1. The Hall–Kier alpha value is -1.60. The summed E-state index contributed by atoms with van der Waals surface area (Å²) in [5, 5.41) is -0.318. The quantitative estimate of drug-likeness (QED) is 0.553. The Kier molecular flexibility index (Phi) is 8.03. The smallest absolute Gasteiger partial charge is 0.214 e. The molecule has 31 heavy (non-hydrogen) atoms. The van der Waals surface area contributed by atoms with E-state index in [9.17, 15) is 8.42 Å². The lowest BCUT2D eigenvalue weighted by molar-refractivity contribution is 0.321. The van der Waals surface area contributed by atoms with Gasteiger partial charge >= 0.3 is 0 Å². The minimum atomic E-state index is -3.26. The van der Waals surface area contributed by atoms with Crippen LogP contribution in [0.25, 0.3) is 0 Å². The van der Waals surface area contributed by atoms with Crippen molar-refractivity contribution in [2.45, 2.75) is 56.2 Å². The second-order valence-corrected chi connectivity index (χ2v) is 10.8. The van der Waals surface area contributed by atoms with Crippen molar-refractivity contribution in [3.05, 3.63) is 65.2 Å². The Morgan fingerprint density at radius 3 is 2.58 bits per heavy atom. The minimum absolute atomic E-state index is 0. The van der Waals surface area contributed by atoms with Gasteiger partial charge in [0.05, 0.1) is 5.25 Å². The Morgan fingerprint density at radius 1 is 1.13 bits per heavy atom. The lowest BCUT2D eigenvalue weighted by atomic mass is 9.76. The fourth-order valence-corrected chi connectivity index (χ4v) is 5.83. The van der Waals surface area contributed by atoms with E-state index in [0.29, 0.717) is 12.5 Å². The highest BCUT2D eigenvalue weighted by Gasteiger charge is 2.36. The third kappa shape index (κ3) is 6.01. The molecular formula is C24H33ClN2O3S. The third-order valence-corrected chi connectivity index (χ3v) is 8.50. The van der Waals surface area contributed by atoms with E-state index in [1.807, 2.05) is 12.1 Å². The Bertz CT molecular complexity index is 964. The number of benzene rings is 2. The number of nitrogens with two attached hydrogens (primary N) is 1. The number of rotatable bonds is 9. The van der Waals surface area contributed by atoms with Gasteiger partial charge in [-0.05, 0) is 73.8 Å². The van der Waals surface area contributed by atoms with Gasteiger partial charge in [0.15, 0.2) is 0 Å². The summed E-state index contributed by atoms with van der Waals surface area (Å²) in [5.41, 5.74) is 10.4. The van der Waals surface area contributed by atoms with Crippen LogP contribution in [0.3, 0.4) is 0 Å². The van der Waals surface area contributed by atoms with E-state index in [2.05, 4.69) is 41.1 Å². The molecule has 3 atom stereocenters. The molecule has 0 radical (unpaired) electrons. The maximum absolute atomic E-state index is 12.3. The topological polar surface area (TPSA) is 81.4 Å². The summed E-state index contributed by atoms with van der Waals surface area (Å²) in [6.45, 7) is 2.38. The zero-order chi connectivity index (χ0) is 21.1. The van der Waals surface area contributed by atoms with Crippen LogP contribution in [0.5, 0.6) is 5.75 Å². The molecule has 0 spiro atoms. The highest BCUT2D eigenvalue weighted by atomic mass is 35.5. The molecule has 5 nitrogen and oxygen atoms in total. The predicted molar refractivity (Wildman–Crippen MR) is 127 cm³/mol. The summed E-state index contributed by atoms with van der Waals surface area (Å²) in [7, 11) is -3.26. The van der Waals surface area contributed by atoms with Crippen molar-refractivity contribution in [3.8, 4) is 5.75 Å². The van der Waals surface area contributed by atoms with E-state index in [0.717, 1.165) is 37.9 Å². The average Bonchev–Trinajstić information content (AvgIpc) is 3.59. The van der Waals surface area contributed by atoms with Gasteiger partial charge in [0.1, 0.15) is 12.4 Å². The molecule has 3 unspecified atom stereocenters. The first-order valence-corrected chi connectivity index (χ1v) is 12.5. The van der Waals surface area contributed by atoms with Crippen molar-refractivity contribution >= 4 is 22.4 Å². The van der Waals surface area contributed by atoms with Crippen LogP contribution in [0.4, 0.5) is 0 Å². The molecule has 0 heterocycles. The monoisotopic (exact) mass is 464 g/mol. The molecule has 0 amide bonds. The van der Waals surface area contributed by atoms with E-state index in [1.165, 1.54) is 16.7 Å². The van der Waals surface area contributed by atoms with Gasteiger partial charge in [0.2, 0.25) is 10.0 Å². The molecule has 0 bridgehead atoms. The van der Waals surface area contributed by atoms with Crippen LogP contribution < -0.4 is 15.2 Å². The summed E-state index contributed by atoms with van der Waals surface area (Å²) >= 11 is 0. The van der Waals surface area contributed by atoms with E-state index < -0.39 is 10.0 Å². The summed E-state index contributed by atoms with van der Waals surface area (Å²) in [4.78, 5) is 0. The van der Waals surface area contributed by atoms with Gasteiger partial charge in [-0.1, -0.05) is 36.4 Å². The molecule has 0 aromatic heterocycles. The van der Waals surface area contributed by atoms with Crippen molar-refractivity contribution in [1.82, 2.24) is 4.72 Å². The fraction of sp³-hybridized carbons (Fsp3) is 0.500. The van der Waals surface area contributed by atoms with E-state index in [-0.39, 0.29) is 36.2 Å². The first-order valence-electron chi connectivity index (χ1n) is 11.0. The molecule has 2 aromatic carbocycles. The molecule has 170 valence electrons. The van der Waals surface area contributed by atoms with E-state index >= 15 is 0 Å². The largest absolute Gasteiger partial charge is 0.492 e. The first-order chi connectivity index (χ1) is 14.4. The molecule has 1 saturated carbocycles. The number of hydrogen-bond acceptors (Lipinski definition) is 4. The van der Waals surface area contributed by atoms with E-state index in [1.54, 1.807) is 6.92 Å². The van der Waals surface area contributed by atoms with Crippen LogP contribution in [-0.2, 0) is 22.9 Å². The molecule has 3 N–H and O–H groups in total. The molecular weight excluding hydrogens is 432 g/mol. The van der Waals surface area contributed by atoms with Crippen LogP contribution in [0.15, 0.2) is 48.5 Å². The molecule has 2 aliphatic carbocycles. The Balaban J connectivity index is 0.00000272. The number of sulfonamides is 1. The van der Waals surface area contributed by atoms with Gasteiger partial charge in [-0.25, -0.2) is 13.1 Å². The number of aryl methyl sites for hydroxylation is 1. The van der Waals surface area contributed by atoms with E-state index in [4.69, 9.17) is 10.5 Å². The molecule has 2 aliphatic rings. The highest BCUT2D eigenvalue weighted by Crippen LogP contribution is 2.36. The standard InChI is InChI=1S/C24H32N2O3S.ClH/c1-17(19-7-8-19)30(27,28)26-13-14-29-21-11-9-20-10-12-24(25)23(22(20)16-21)15-18-5-3-2-4-6-18;/h2-6,9,11,16-17,19,23-24,26H,7-8,10,12-15,25H2,1H3;1H. The molecule has 4 rings (SSSR count). The fourth-order valence-electron chi connectivity index (χ4n) is 4.42. The van der Waals surface area contributed by atoms with Crippen LogP contribution >= 0.6 is 12.4 Å². The average molecular weight is 465 g/mol. The van der Waals surface area contributed by atoms with Gasteiger partial charge in [0, 0.05) is 18.5 Å². The zero-order valence-corrected chi connectivity index (χ0v) is 19.6. The molecule has 7 heteroatoms. The van der Waals surface area contributed by atoms with Gasteiger partial charge in [-0.2, -0.15) is 0 Å². The lowest BCUT2D eigenvalue weighted by Crippen LogP contribution is -2.36. The number of halogens is 1. The molecule has 1 fully saturated rings. The van der Waals surface area contributed by atoms with Crippen molar-refractivity contribution in [2.24, 2.45) is 11.7 Å². The lowest BCUT2D eigenvalue weighted by Gasteiger charge is -2.32. The number of ether oxygens (including phenoxy) is 1. The highest BCUT2D eigenvalue weighted by molar-refractivity contribution is 7.90. The van der Waals surface area contributed by atoms with Crippen LogP contribution in [-0.4, -0.2) is 32.9 Å². The maximum atomic E-state index is 12.3. The molecule has 2 aromatic rings. The molecule has 0 aliphatic heterocycles. The zero-order valence-electron chi connectivity index (χ0n) is 18.0. The number of hydrogen-bond donors (Lipinski definition) is 2. The van der Waals surface area contributed by atoms with Crippen LogP contribution in [0, 0.1) is 5.92 Å². The predicted octanol–water partition coefficient (Wildman–Crippen LogP) is 3.80. The van der Waals surface area contributed by atoms with Crippen molar-refractivity contribution in [3.63, 3.8) is 0 Å². The summed E-state index contributed by atoms with van der Waals surface area (Å²) < 4.78 is 33.2. The minimum Gasteiger partial charge on any atom is -0.492 e. The van der Waals surface area contributed by atoms with Crippen LogP contribution in [0.1, 0.15) is 48.8 Å². The second-order valence-electron chi connectivity index (χ2n) is 8.69. The van der Waals surface area contributed by atoms with Crippen LogP contribution in [0.2, 0.25) is 0 Å². The second kappa shape index (κ2) is 10.3. The Morgan fingerprint density at radius 2 is 1.87 bits per heavy atom. The summed E-state index contributed by atoms with van der Waals surface area (Å²) in [6.07, 6.45) is 4.92. The Labute approximate surface area is 192 Å².